The topological polar surface area (TPSA) is 71.5 Å². The van der Waals surface area contributed by atoms with Crippen molar-refractivity contribution in [2.45, 2.75) is 31.7 Å². The standard InChI is InChI=1S/C22H24BrN3O3/c23-17-9-7-16(8-10-17)21-14-18(25-29-21)22(27)24-15-19(20-6-5-13-28-20)26-11-3-1-2-4-12-26/h5-10,13-14,19H,1-4,11-12,15H2,(H,24,27)/t19-/m1/s1. The largest absolute Gasteiger partial charge is 0.468 e. The lowest BCUT2D eigenvalue weighted by molar-refractivity contribution is 0.0918. The van der Waals surface area contributed by atoms with Crippen LogP contribution in [0.5, 0.6) is 0 Å². The third kappa shape index (κ3) is 4.97. The second-order valence-corrected chi connectivity index (χ2v) is 8.19. The van der Waals surface area contributed by atoms with Gasteiger partial charge in [0.05, 0.1) is 12.3 Å². The summed E-state index contributed by atoms with van der Waals surface area (Å²) in [6.07, 6.45) is 6.54. The lowest BCUT2D eigenvalue weighted by atomic mass is 10.1. The van der Waals surface area contributed by atoms with E-state index in [0.29, 0.717) is 12.3 Å². The van der Waals surface area contributed by atoms with E-state index in [9.17, 15) is 4.79 Å². The van der Waals surface area contributed by atoms with Crippen LogP contribution in [-0.4, -0.2) is 35.6 Å². The van der Waals surface area contributed by atoms with Crippen LogP contribution in [0.3, 0.4) is 0 Å². The SMILES string of the molecule is O=C(NC[C@H](c1ccco1)N1CCCCCC1)c1cc(-c2ccc(Br)cc2)on1. The van der Waals surface area contributed by atoms with E-state index in [1.54, 1.807) is 12.3 Å². The molecule has 2 aromatic heterocycles. The van der Waals surface area contributed by atoms with E-state index in [1.165, 1.54) is 25.7 Å². The fourth-order valence-corrected chi connectivity index (χ4v) is 3.97. The van der Waals surface area contributed by atoms with Crippen molar-refractivity contribution in [3.8, 4) is 11.3 Å². The third-order valence-electron chi connectivity index (χ3n) is 5.28. The summed E-state index contributed by atoms with van der Waals surface area (Å²) in [5.74, 6) is 1.20. The molecule has 0 radical (unpaired) electrons. The minimum Gasteiger partial charge on any atom is -0.468 e. The van der Waals surface area contributed by atoms with Gasteiger partial charge in [-0.2, -0.15) is 0 Å². The summed E-state index contributed by atoms with van der Waals surface area (Å²) >= 11 is 3.41. The molecule has 1 saturated heterocycles. The quantitative estimate of drug-likeness (QED) is 0.560. The Bertz CT molecular complexity index is 913. The Hall–Kier alpha value is -2.38. The molecule has 4 rings (SSSR count). The van der Waals surface area contributed by atoms with Crippen molar-refractivity contribution in [3.05, 3.63) is 64.7 Å². The summed E-state index contributed by atoms with van der Waals surface area (Å²) in [7, 11) is 0. The highest BCUT2D eigenvalue weighted by Crippen LogP contribution is 2.25. The normalized spacial score (nSPS) is 16.3. The molecule has 152 valence electrons. The molecule has 3 aromatic rings. The van der Waals surface area contributed by atoms with Crippen LogP contribution >= 0.6 is 15.9 Å². The molecular weight excluding hydrogens is 434 g/mol. The zero-order valence-electron chi connectivity index (χ0n) is 16.1. The number of furan rings is 1. The van der Waals surface area contributed by atoms with Crippen LogP contribution in [0.1, 0.15) is 48.0 Å². The van der Waals surface area contributed by atoms with E-state index in [1.807, 2.05) is 36.4 Å². The van der Waals surface area contributed by atoms with Crippen molar-refractivity contribution in [2.24, 2.45) is 0 Å². The summed E-state index contributed by atoms with van der Waals surface area (Å²) in [4.78, 5) is 15.1. The summed E-state index contributed by atoms with van der Waals surface area (Å²) < 4.78 is 12.0. The van der Waals surface area contributed by atoms with E-state index in [-0.39, 0.29) is 17.6 Å². The predicted octanol–water partition coefficient (Wildman–Crippen LogP) is 5.04. The van der Waals surface area contributed by atoms with Crippen LogP contribution in [-0.2, 0) is 0 Å². The second-order valence-electron chi connectivity index (χ2n) is 7.27. The van der Waals surface area contributed by atoms with Gasteiger partial charge in [0.25, 0.3) is 5.91 Å². The molecule has 0 spiro atoms. The van der Waals surface area contributed by atoms with E-state index in [0.717, 1.165) is 28.9 Å². The third-order valence-corrected chi connectivity index (χ3v) is 5.81. The number of aromatic nitrogens is 1. The number of hydrogen-bond acceptors (Lipinski definition) is 5. The van der Waals surface area contributed by atoms with Crippen LogP contribution in [0.25, 0.3) is 11.3 Å². The van der Waals surface area contributed by atoms with Gasteiger partial charge in [-0.15, -0.1) is 0 Å². The summed E-state index contributed by atoms with van der Waals surface area (Å²) in [6.45, 7) is 2.49. The number of nitrogens with zero attached hydrogens (tertiary/aromatic N) is 2. The predicted molar refractivity (Wildman–Crippen MR) is 113 cm³/mol. The fraction of sp³-hybridized carbons (Fsp3) is 0.364. The molecule has 3 heterocycles. The molecule has 0 bridgehead atoms. The molecule has 6 nitrogen and oxygen atoms in total. The maximum absolute atomic E-state index is 12.7. The van der Waals surface area contributed by atoms with Gasteiger partial charge >= 0.3 is 0 Å². The average molecular weight is 458 g/mol. The first-order chi connectivity index (χ1) is 14.2. The zero-order chi connectivity index (χ0) is 20.1. The van der Waals surface area contributed by atoms with E-state index < -0.39 is 0 Å². The molecule has 1 aromatic carbocycles. The number of nitrogens with one attached hydrogen (secondary N) is 1. The van der Waals surface area contributed by atoms with Crippen molar-refractivity contribution in [3.63, 3.8) is 0 Å². The van der Waals surface area contributed by atoms with Gasteiger partial charge in [0.2, 0.25) is 0 Å². The van der Waals surface area contributed by atoms with Crippen molar-refractivity contribution in [1.29, 1.82) is 0 Å². The Balaban J connectivity index is 1.43. The van der Waals surface area contributed by atoms with Crippen LogP contribution in [0.2, 0.25) is 0 Å². The Morgan fingerprint density at radius 3 is 2.59 bits per heavy atom. The molecule has 1 amide bonds. The van der Waals surface area contributed by atoms with Crippen LogP contribution in [0.4, 0.5) is 0 Å². The number of benzene rings is 1. The molecule has 29 heavy (non-hydrogen) atoms. The zero-order valence-corrected chi connectivity index (χ0v) is 17.7. The molecule has 0 unspecified atom stereocenters. The monoisotopic (exact) mass is 457 g/mol. The van der Waals surface area contributed by atoms with Gasteiger partial charge in [0.15, 0.2) is 11.5 Å². The number of likely N-dealkylation sites (tertiary alicyclic amines) is 1. The van der Waals surface area contributed by atoms with Gasteiger partial charge in [0, 0.05) is 22.6 Å². The summed E-state index contributed by atoms with van der Waals surface area (Å²) in [5, 5.41) is 6.96. The number of hydrogen-bond donors (Lipinski definition) is 1. The molecule has 1 atom stereocenters. The van der Waals surface area contributed by atoms with Crippen LogP contribution in [0.15, 0.2) is 62.1 Å². The molecule has 7 heteroatoms. The van der Waals surface area contributed by atoms with Crippen molar-refractivity contribution >= 4 is 21.8 Å². The lowest BCUT2D eigenvalue weighted by Crippen LogP contribution is -2.38. The van der Waals surface area contributed by atoms with Crippen molar-refractivity contribution in [2.75, 3.05) is 19.6 Å². The number of rotatable bonds is 6. The molecule has 0 saturated carbocycles. The van der Waals surface area contributed by atoms with Gasteiger partial charge in [-0.25, -0.2) is 0 Å². The van der Waals surface area contributed by atoms with Gasteiger partial charge in [-0.1, -0.05) is 46.1 Å². The highest BCUT2D eigenvalue weighted by molar-refractivity contribution is 9.10. The average Bonchev–Trinajstić information content (AvgIpc) is 3.37. The molecule has 1 aliphatic heterocycles. The van der Waals surface area contributed by atoms with Crippen molar-refractivity contribution in [1.82, 2.24) is 15.4 Å². The molecular formula is C22H24BrN3O3. The number of carbonyl (C=O) groups excluding carboxylic acids is 1. The highest BCUT2D eigenvalue weighted by Gasteiger charge is 2.25. The van der Waals surface area contributed by atoms with Crippen LogP contribution in [0, 0.1) is 0 Å². The summed E-state index contributed by atoms with van der Waals surface area (Å²) in [5.41, 5.74) is 1.15. The first kappa shape index (κ1) is 19.9. The van der Waals surface area contributed by atoms with Gasteiger partial charge in [-0.3, -0.25) is 9.69 Å². The first-order valence-electron chi connectivity index (χ1n) is 9.99. The smallest absolute Gasteiger partial charge is 0.273 e. The number of carbonyl (C=O) groups is 1. The lowest BCUT2D eigenvalue weighted by Gasteiger charge is -2.29. The highest BCUT2D eigenvalue weighted by atomic mass is 79.9. The Morgan fingerprint density at radius 2 is 1.90 bits per heavy atom. The maximum Gasteiger partial charge on any atom is 0.273 e. The van der Waals surface area contributed by atoms with Gasteiger partial charge in [-0.05, 0) is 50.2 Å². The Morgan fingerprint density at radius 1 is 1.14 bits per heavy atom. The first-order valence-corrected chi connectivity index (χ1v) is 10.8. The summed E-state index contributed by atoms with van der Waals surface area (Å²) in [6, 6.07) is 13.2. The second kappa shape index (κ2) is 9.41. The van der Waals surface area contributed by atoms with Crippen LogP contribution < -0.4 is 5.32 Å². The fourth-order valence-electron chi connectivity index (χ4n) is 3.71. The Kier molecular flexibility index (Phi) is 6.46. The minimum atomic E-state index is -0.247. The van der Waals surface area contributed by atoms with Crippen molar-refractivity contribution < 1.29 is 13.7 Å². The molecule has 0 aliphatic carbocycles. The van der Waals surface area contributed by atoms with E-state index in [2.05, 4.69) is 31.3 Å². The number of halogens is 1. The molecule has 1 N–H and O–H groups in total. The Labute approximate surface area is 178 Å². The van der Waals surface area contributed by atoms with E-state index >= 15 is 0 Å². The minimum absolute atomic E-state index is 0.0184. The molecule has 1 fully saturated rings. The number of amides is 1. The van der Waals surface area contributed by atoms with Gasteiger partial charge < -0.3 is 14.3 Å². The maximum atomic E-state index is 12.7. The van der Waals surface area contributed by atoms with Gasteiger partial charge in [0.1, 0.15) is 5.76 Å². The van der Waals surface area contributed by atoms with E-state index in [4.69, 9.17) is 8.94 Å². The molecule has 1 aliphatic rings.